The molecule has 3 aliphatic carbocycles. The average molecular weight is 645 g/mol. The van der Waals surface area contributed by atoms with Crippen LogP contribution in [0.1, 0.15) is 12.5 Å². The highest BCUT2D eigenvalue weighted by molar-refractivity contribution is 5.98. The molecule has 0 heterocycles. The zero-order chi connectivity index (χ0) is 34.0. The van der Waals surface area contributed by atoms with Crippen LogP contribution in [-0.4, -0.2) is 6.04 Å². The van der Waals surface area contributed by atoms with E-state index >= 15 is 0 Å². The van der Waals surface area contributed by atoms with Crippen LogP contribution in [-0.2, 0) is 0 Å². The van der Waals surface area contributed by atoms with Gasteiger partial charge in [-0.1, -0.05) is 183 Å². The van der Waals surface area contributed by atoms with Crippen molar-refractivity contribution < 1.29 is 0 Å². The third-order valence-corrected chi connectivity index (χ3v) is 8.83. The topological polar surface area (TPSA) is 15.3 Å². The van der Waals surface area contributed by atoms with Crippen molar-refractivity contribution in [1.29, 1.82) is 0 Å². The predicted molar refractivity (Wildman–Crippen MR) is 217 cm³/mol. The van der Waals surface area contributed by atoms with Gasteiger partial charge >= 0.3 is 0 Å². The van der Waals surface area contributed by atoms with Gasteiger partial charge in [0.1, 0.15) is 0 Å². The molecular formula is C48H40N2. The fourth-order valence-electron chi connectivity index (χ4n) is 6.30. The van der Waals surface area contributed by atoms with Crippen LogP contribution in [0.15, 0.2) is 212 Å². The Labute approximate surface area is 296 Å². The zero-order valence-electron chi connectivity index (χ0n) is 28.2. The molecule has 5 aromatic rings. The van der Waals surface area contributed by atoms with Gasteiger partial charge in [-0.2, -0.15) is 0 Å². The maximum absolute atomic E-state index is 3.70. The predicted octanol–water partition coefficient (Wildman–Crippen LogP) is 12.6. The maximum atomic E-state index is 3.70. The molecule has 50 heavy (non-hydrogen) atoms. The molecule has 0 saturated heterocycles. The van der Waals surface area contributed by atoms with Crippen molar-refractivity contribution in [2.45, 2.75) is 13.0 Å². The summed E-state index contributed by atoms with van der Waals surface area (Å²) in [5.41, 5.74) is 6.90. The first-order valence-electron chi connectivity index (χ1n) is 17.2. The Hall–Kier alpha value is -6.12. The summed E-state index contributed by atoms with van der Waals surface area (Å²) < 4.78 is 0. The van der Waals surface area contributed by atoms with Crippen LogP contribution in [0, 0.1) is 12.3 Å². The van der Waals surface area contributed by atoms with Crippen LogP contribution in [0.25, 0.3) is 27.1 Å². The van der Waals surface area contributed by atoms with E-state index in [4.69, 9.17) is 0 Å². The van der Waals surface area contributed by atoms with Gasteiger partial charge in [0.25, 0.3) is 0 Å². The third kappa shape index (κ3) is 7.77. The number of rotatable bonds is 6. The molecule has 8 rings (SSSR count). The maximum Gasteiger partial charge on any atom is 0.0635 e. The molecule has 242 valence electrons. The summed E-state index contributed by atoms with van der Waals surface area (Å²) in [6, 6.07) is 39.0. The Balaban J connectivity index is 0.000000433. The van der Waals surface area contributed by atoms with Crippen molar-refractivity contribution in [2.75, 3.05) is 10.2 Å². The largest absolute Gasteiger partial charge is 0.375 e. The number of nitrogens with zero attached hydrogens (tertiary/aromatic N) is 1. The molecule has 0 spiro atoms. The Morgan fingerprint density at radius 3 is 1.98 bits per heavy atom. The van der Waals surface area contributed by atoms with Gasteiger partial charge in [0.05, 0.1) is 11.7 Å². The SMILES string of the molecule is C[C]1C=CC=CC=C1.[CH]1C=CC=CC=C1N(c1ccc(C2=CC=CC(Nc3cccc4ccccc34)C=C2)cc1)c1cccc2ccccc12. The van der Waals surface area contributed by atoms with Crippen LogP contribution < -0.4 is 10.2 Å². The van der Waals surface area contributed by atoms with E-state index < -0.39 is 0 Å². The van der Waals surface area contributed by atoms with E-state index in [1.807, 2.05) is 24.3 Å². The molecule has 2 radical (unpaired) electrons. The van der Waals surface area contributed by atoms with Crippen LogP contribution >= 0.6 is 0 Å². The minimum absolute atomic E-state index is 0.101. The molecule has 1 N–H and O–H groups in total. The molecule has 3 aliphatic rings. The Morgan fingerprint density at radius 2 is 1.18 bits per heavy atom. The first-order chi connectivity index (χ1) is 24.7. The van der Waals surface area contributed by atoms with E-state index in [-0.39, 0.29) is 6.04 Å². The van der Waals surface area contributed by atoms with Crippen LogP contribution in [0.2, 0.25) is 0 Å². The Morgan fingerprint density at radius 1 is 0.520 bits per heavy atom. The number of nitrogens with one attached hydrogen (secondary N) is 1. The van der Waals surface area contributed by atoms with E-state index in [2.05, 4.69) is 206 Å². The van der Waals surface area contributed by atoms with Crippen molar-refractivity contribution in [1.82, 2.24) is 0 Å². The van der Waals surface area contributed by atoms with Crippen molar-refractivity contribution in [3.63, 3.8) is 0 Å². The molecule has 0 amide bonds. The summed E-state index contributed by atoms with van der Waals surface area (Å²) in [6.45, 7) is 2.08. The monoisotopic (exact) mass is 644 g/mol. The molecule has 5 aromatic carbocycles. The summed E-state index contributed by atoms with van der Waals surface area (Å²) in [7, 11) is 0. The highest BCUT2D eigenvalue weighted by atomic mass is 15.1. The second kappa shape index (κ2) is 15.9. The third-order valence-electron chi connectivity index (χ3n) is 8.83. The standard InChI is InChI=1S/C40H31N2.C8H9/c1-2-4-19-35(18-3-1)42(40-23-11-16-33-13-6-8-21-38(33)40)36-28-25-31(26-29-36)30-14-9-17-34(27-24-30)41-39-22-10-15-32-12-5-7-20-37(32)39;1-8-6-4-2-3-5-7-8/h1-29,34,41H;2-7H,1H3. The van der Waals surface area contributed by atoms with Gasteiger partial charge in [-0.25, -0.2) is 0 Å². The Bertz CT molecular complexity index is 2210. The van der Waals surface area contributed by atoms with Gasteiger partial charge in [-0.05, 0) is 52.3 Å². The van der Waals surface area contributed by atoms with Crippen molar-refractivity contribution in [2.24, 2.45) is 0 Å². The lowest BCUT2D eigenvalue weighted by atomic mass is 10.0. The number of allylic oxidation sites excluding steroid dienone is 15. The second-order valence-electron chi connectivity index (χ2n) is 12.3. The lowest BCUT2D eigenvalue weighted by Gasteiger charge is -2.28. The van der Waals surface area contributed by atoms with E-state index in [9.17, 15) is 0 Å². The minimum Gasteiger partial charge on any atom is -0.375 e. The molecule has 0 fully saturated rings. The minimum atomic E-state index is 0.101. The molecule has 1 unspecified atom stereocenters. The molecule has 0 saturated carbocycles. The van der Waals surface area contributed by atoms with E-state index in [1.165, 1.54) is 38.6 Å². The van der Waals surface area contributed by atoms with Gasteiger partial charge in [0, 0.05) is 40.2 Å². The average Bonchev–Trinajstić information content (AvgIpc) is 3.68. The smallest absolute Gasteiger partial charge is 0.0635 e. The highest BCUT2D eigenvalue weighted by Crippen LogP contribution is 2.37. The van der Waals surface area contributed by atoms with E-state index in [0.717, 1.165) is 22.8 Å². The summed E-state index contributed by atoms with van der Waals surface area (Å²) >= 11 is 0. The van der Waals surface area contributed by atoms with E-state index in [1.54, 1.807) is 0 Å². The molecule has 1 atom stereocenters. The van der Waals surface area contributed by atoms with Crippen molar-refractivity contribution >= 4 is 44.2 Å². The molecular weight excluding hydrogens is 605 g/mol. The Kier molecular flexibility index (Phi) is 10.3. The number of hydrogen-bond donors (Lipinski definition) is 1. The number of anilines is 3. The molecule has 0 bridgehead atoms. The lowest BCUT2D eigenvalue weighted by molar-refractivity contribution is 1.12. The molecule has 2 heteroatoms. The quantitative estimate of drug-likeness (QED) is 0.198. The van der Waals surface area contributed by atoms with Gasteiger partial charge in [-0.3, -0.25) is 0 Å². The fourth-order valence-corrected chi connectivity index (χ4v) is 6.30. The summed E-state index contributed by atoms with van der Waals surface area (Å²) in [5.74, 6) is 1.30. The lowest BCUT2D eigenvalue weighted by Crippen LogP contribution is -2.16. The van der Waals surface area contributed by atoms with Crippen LogP contribution in [0.3, 0.4) is 0 Å². The summed E-state index contributed by atoms with van der Waals surface area (Å²) in [6.07, 6.45) is 35.9. The molecule has 2 nitrogen and oxygen atoms in total. The zero-order valence-corrected chi connectivity index (χ0v) is 28.2. The first-order valence-corrected chi connectivity index (χ1v) is 17.2. The number of benzene rings is 5. The summed E-state index contributed by atoms with van der Waals surface area (Å²) in [4.78, 5) is 2.34. The number of hydrogen-bond acceptors (Lipinski definition) is 2. The van der Waals surface area contributed by atoms with Gasteiger partial charge in [-0.15, -0.1) is 0 Å². The van der Waals surface area contributed by atoms with Crippen LogP contribution in [0.4, 0.5) is 17.1 Å². The van der Waals surface area contributed by atoms with Crippen molar-refractivity contribution in [3.05, 3.63) is 230 Å². The molecule has 0 aliphatic heterocycles. The highest BCUT2D eigenvalue weighted by Gasteiger charge is 2.17. The normalized spacial score (nSPS) is 16.6. The first kappa shape index (κ1) is 32.4. The van der Waals surface area contributed by atoms with Crippen molar-refractivity contribution in [3.8, 4) is 0 Å². The fraction of sp³-hybridized carbons (Fsp3) is 0.0417. The van der Waals surface area contributed by atoms with Gasteiger partial charge in [0.2, 0.25) is 0 Å². The van der Waals surface area contributed by atoms with E-state index in [0.29, 0.717) is 0 Å². The van der Waals surface area contributed by atoms with Gasteiger partial charge < -0.3 is 10.2 Å². The molecule has 0 aromatic heterocycles. The summed E-state index contributed by atoms with van der Waals surface area (Å²) in [5, 5.41) is 8.62. The number of fused-ring (bicyclic) bond motifs is 2. The van der Waals surface area contributed by atoms with Gasteiger partial charge in [0.15, 0.2) is 0 Å². The second-order valence-corrected chi connectivity index (χ2v) is 12.3. The van der Waals surface area contributed by atoms with Crippen LogP contribution in [0.5, 0.6) is 0 Å².